The van der Waals surface area contributed by atoms with Gasteiger partial charge < -0.3 is 5.32 Å². The van der Waals surface area contributed by atoms with E-state index in [1.807, 2.05) is 37.3 Å². The normalized spacial score (nSPS) is 12.7. The number of rotatable bonds is 4. The van der Waals surface area contributed by atoms with Gasteiger partial charge in [-0.15, -0.1) is 0 Å². The second-order valence-electron chi connectivity index (χ2n) is 6.67. The van der Waals surface area contributed by atoms with E-state index in [0.717, 1.165) is 11.3 Å². The van der Waals surface area contributed by atoms with Crippen LogP contribution in [0.15, 0.2) is 48.7 Å². The molecule has 0 saturated heterocycles. The Morgan fingerprint density at radius 3 is 2.36 bits per heavy atom. The Kier molecular flexibility index (Phi) is 4.96. The van der Waals surface area contributed by atoms with Gasteiger partial charge in [0.05, 0.1) is 18.2 Å². The summed E-state index contributed by atoms with van der Waals surface area (Å²) in [6.07, 6.45) is 2.13. The van der Waals surface area contributed by atoms with Crippen molar-refractivity contribution >= 4 is 5.91 Å². The Bertz CT molecular complexity index is 612. The lowest BCUT2D eigenvalue weighted by molar-refractivity contribution is -0.121. The average molecular weight is 296 g/mol. The van der Waals surface area contributed by atoms with Crippen LogP contribution in [0, 0.1) is 0 Å². The third-order valence-corrected chi connectivity index (χ3v) is 3.69. The third-order valence-electron chi connectivity index (χ3n) is 3.69. The van der Waals surface area contributed by atoms with Crippen LogP contribution in [0.4, 0.5) is 0 Å². The van der Waals surface area contributed by atoms with Crippen molar-refractivity contribution in [3.8, 4) is 0 Å². The Morgan fingerprint density at radius 2 is 1.82 bits per heavy atom. The molecule has 0 fully saturated rings. The van der Waals surface area contributed by atoms with E-state index in [4.69, 9.17) is 0 Å². The first-order valence-corrected chi connectivity index (χ1v) is 7.66. The predicted molar refractivity (Wildman–Crippen MR) is 89.6 cm³/mol. The van der Waals surface area contributed by atoms with Crippen LogP contribution in [0.25, 0.3) is 0 Å². The number of amides is 1. The Balaban J connectivity index is 1.95. The molecule has 1 heterocycles. The van der Waals surface area contributed by atoms with Crippen LogP contribution in [0.5, 0.6) is 0 Å². The van der Waals surface area contributed by atoms with E-state index in [1.165, 1.54) is 5.56 Å². The molecule has 3 nitrogen and oxygen atoms in total. The summed E-state index contributed by atoms with van der Waals surface area (Å²) in [6.45, 7) is 8.50. The summed E-state index contributed by atoms with van der Waals surface area (Å²) in [4.78, 5) is 16.4. The van der Waals surface area contributed by atoms with E-state index in [2.05, 4.69) is 43.2 Å². The molecule has 0 aliphatic carbocycles. The van der Waals surface area contributed by atoms with Gasteiger partial charge in [-0.3, -0.25) is 9.78 Å². The molecule has 0 radical (unpaired) electrons. The minimum Gasteiger partial charge on any atom is -0.348 e. The largest absolute Gasteiger partial charge is 0.348 e. The number of hydrogen-bond donors (Lipinski definition) is 1. The van der Waals surface area contributed by atoms with Crippen molar-refractivity contribution in [1.82, 2.24) is 10.3 Å². The molecule has 2 rings (SSSR count). The number of aromatic nitrogens is 1. The summed E-state index contributed by atoms with van der Waals surface area (Å²) in [5, 5.41) is 2.99. The number of hydrogen-bond acceptors (Lipinski definition) is 2. The zero-order valence-corrected chi connectivity index (χ0v) is 13.8. The molecule has 1 aromatic carbocycles. The first-order chi connectivity index (χ1) is 10.4. The molecule has 1 aromatic heterocycles. The summed E-state index contributed by atoms with van der Waals surface area (Å²) < 4.78 is 0. The van der Waals surface area contributed by atoms with E-state index >= 15 is 0 Å². The molecule has 116 valence electrons. The van der Waals surface area contributed by atoms with Gasteiger partial charge in [-0.2, -0.15) is 0 Å². The van der Waals surface area contributed by atoms with Crippen LogP contribution >= 0.6 is 0 Å². The zero-order valence-electron chi connectivity index (χ0n) is 13.8. The second-order valence-corrected chi connectivity index (χ2v) is 6.67. The molecule has 1 unspecified atom stereocenters. The minimum atomic E-state index is -0.0810. The highest BCUT2D eigenvalue weighted by Crippen LogP contribution is 2.22. The lowest BCUT2D eigenvalue weighted by Crippen LogP contribution is -2.28. The molecular weight excluding hydrogens is 272 g/mol. The maximum Gasteiger partial charge on any atom is 0.224 e. The fourth-order valence-corrected chi connectivity index (χ4v) is 2.31. The van der Waals surface area contributed by atoms with E-state index in [-0.39, 0.29) is 17.4 Å². The number of carbonyl (C=O) groups is 1. The molecule has 0 bridgehead atoms. The fourth-order valence-electron chi connectivity index (χ4n) is 2.31. The summed E-state index contributed by atoms with van der Waals surface area (Å²) in [5.41, 5.74) is 3.31. The number of nitrogens with one attached hydrogen (secondary N) is 1. The number of pyridine rings is 1. The van der Waals surface area contributed by atoms with Gasteiger partial charge in [-0.05, 0) is 35.6 Å². The van der Waals surface area contributed by atoms with Crippen molar-refractivity contribution < 1.29 is 4.79 Å². The molecule has 22 heavy (non-hydrogen) atoms. The summed E-state index contributed by atoms with van der Waals surface area (Å²) in [5.74, 6) is 0.0154. The Hall–Kier alpha value is -2.16. The van der Waals surface area contributed by atoms with Crippen molar-refractivity contribution in [3.05, 3.63) is 65.5 Å². The lowest BCUT2D eigenvalue weighted by Gasteiger charge is -2.19. The van der Waals surface area contributed by atoms with Gasteiger partial charge in [0, 0.05) is 6.20 Å². The molecule has 1 atom stereocenters. The third kappa shape index (κ3) is 4.42. The Labute approximate surface area is 132 Å². The van der Waals surface area contributed by atoms with Crippen LogP contribution in [0.1, 0.15) is 50.6 Å². The highest BCUT2D eigenvalue weighted by Gasteiger charge is 2.14. The molecule has 0 aliphatic rings. The number of nitrogens with zero attached hydrogens (tertiary/aromatic N) is 1. The first-order valence-electron chi connectivity index (χ1n) is 7.66. The summed E-state index contributed by atoms with van der Waals surface area (Å²) in [6, 6.07) is 13.9. The van der Waals surface area contributed by atoms with Crippen molar-refractivity contribution in [1.29, 1.82) is 0 Å². The summed E-state index contributed by atoms with van der Waals surface area (Å²) >= 11 is 0. The predicted octanol–water partition coefficient (Wildman–Crippen LogP) is 3.80. The van der Waals surface area contributed by atoms with Crippen LogP contribution < -0.4 is 5.32 Å². The standard InChI is InChI=1S/C19H24N2O/c1-14(17-7-5-6-12-20-17)21-18(22)13-15-8-10-16(11-9-15)19(2,3)4/h5-12,14H,13H2,1-4H3,(H,21,22). The van der Waals surface area contributed by atoms with Crippen molar-refractivity contribution in [2.75, 3.05) is 0 Å². The highest BCUT2D eigenvalue weighted by molar-refractivity contribution is 5.78. The van der Waals surface area contributed by atoms with Crippen molar-refractivity contribution in [3.63, 3.8) is 0 Å². The molecule has 2 aromatic rings. The summed E-state index contributed by atoms with van der Waals surface area (Å²) in [7, 11) is 0. The van der Waals surface area contributed by atoms with Gasteiger partial charge in [-0.1, -0.05) is 51.1 Å². The maximum absolute atomic E-state index is 12.1. The van der Waals surface area contributed by atoms with Gasteiger partial charge >= 0.3 is 0 Å². The second kappa shape index (κ2) is 6.73. The topological polar surface area (TPSA) is 42.0 Å². The van der Waals surface area contributed by atoms with E-state index in [0.29, 0.717) is 6.42 Å². The van der Waals surface area contributed by atoms with Crippen molar-refractivity contribution in [2.24, 2.45) is 0 Å². The maximum atomic E-state index is 12.1. The lowest BCUT2D eigenvalue weighted by atomic mass is 9.86. The molecule has 1 N–H and O–H groups in total. The van der Waals surface area contributed by atoms with Gasteiger partial charge in [0.1, 0.15) is 0 Å². The molecule has 0 spiro atoms. The fraction of sp³-hybridized carbons (Fsp3) is 0.368. The molecular formula is C19H24N2O. The van der Waals surface area contributed by atoms with Gasteiger partial charge in [0.25, 0.3) is 0 Å². The van der Waals surface area contributed by atoms with Gasteiger partial charge in [0.15, 0.2) is 0 Å². The average Bonchev–Trinajstić information content (AvgIpc) is 2.47. The quantitative estimate of drug-likeness (QED) is 0.932. The van der Waals surface area contributed by atoms with E-state index in [9.17, 15) is 4.79 Å². The molecule has 3 heteroatoms. The number of benzene rings is 1. The van der Waals surface area contributed by atoms with Crippen LogP contribution in [0.2, 0.25) is 0 Å². The zero-order chi connectivity index (χ0) is 16.2. The van der Waals surface area contributed by atoms with Crippen molar-refractivity contribution in [2.45, 2.75) is 45.6 Å². The molecule has 0 saturated carbocycles. The smallest absolute Gasteiger partial charge is 0.224 e. The SMILES string of the molecule is CC(NC(=O)Cc1ccc(C(C)(C)C)cc1)c1ccccn1. The first kappa shape index (κ1) is 16.2. The number of carbonyl (C=O) groups excluding carboxylic acids is 1. The molecule has 1 amide bonds. The van der Waals surface area contributed by atoms with Gasteiger partial charge in [-0.25, -0.2) is 0 Å². The molecule has 0 aliphatic heterocycles. The van der Waals surface area contributed by atoms with Gasteiger partial charge in [0.2, 0.25) is 5.91 Å². The van der Waals surface area contributed by atoms with E-state index < -0.39 is 0 Å². The van der Waals surface area contributed by atoms with Crippen LogP contribution in [-0.2, 0) is 16.6 Å². The highest BCUT2D eigenvalue weighted by atomic mass is 16.1. The minimum absolute atomic E-state index is 0.0154. The van der Waals surface area contributed by atoms with E-state index in [1.54, 1.807) is 6.20 Å². The monoisotopic (exact) mass is 296 g/mol. The van der Waals surface area contributed by atoms with Crippen LogP contribution in [0.3, 0.4) is 0 Å². The van der Waals surface area contributed by atoms with Crippen LogP contribution in [-0.4, -0.2) is 10.9 Å². The Morgan fingerprint density at radius 1 is 1.14 bits per heavy atom.